The van der Waals surface area contributed by atoms with E-state index >= 15 is 0 Å². The molecule has 0 aromatic heterocycles. The first-order valence-electron chi connectivity index (χ1n) is 9.47. The third-order valence-electron chi connectivity index (χ3n) is 5.13. The van der Waals surface area contributed by atoms with E-state index in [-0.39, 0.29) is 11.9 Å². The van der Waals surface area contributed by atoms with E-state index in [4.69, 9.17) is 14.2 Å². The van der Waals surface area contributed by atoms with Gasteiger partial charge in [0.25, 0.3) is 5.91 Å². The summed E-state index contributed by atoms with van der Waals surface area (Å²) >= 11 is 0. The smallest absolute Gasteiger partial charge is 0.322 e. The monoisotopic (exact) mass is 401 g/mol. The molecular weight excluding hydrogens is 374 g/mol. The molecular formula is C21H27N3O5. The molecule has 29 heavy (non-hydrogen) atoms. The molecule has 0 bridgehead atoms. The number of benzene rings is 1. The van der Waals surface area contributed by atoms with Gasteiger partial charge in [0.05, 0.1) is 38.1 Å². The summed E-state index contributed by atoms with van der Waals surface area (Å²) < 4.78 is 15.9. The van der Waals surface area contributed by atoms with Crippen LogP contribution in [0.25, 0.3) is 0 Å². The van der Waals surface area contributed by atoms with Gasteiger partial charge in [0.1, 0.15) is 11.5 Å². The molecule has 2 aliphatic rings. The standard InChI is InChI=1S/C21H27N3O5/c1-5-9-24-16-13-23(10-6-11-27-2)20(25)18(16)19(22-21(24)26)15-12-14(28-3)7-8-17(15)29-4/h5,7-8,12,19H,1,6,9-11,13H2,2-4H3,(H,22,26)/t19-/m1/s1. The Morgan fingerprint density at radius 2 is 2.03 bits per heavy atom. The first-order chi connectivity index (χ1) is 14.0. The fourth-order valence-corrected chi connectivity index (χ4v) is 3.75. The fraction of sp³-hybridized carbons (Fsp3) is 0.429. The zero-order valence-electron chi connectivity index (χ0n) is 17.1. The van der Waals surface area contributed by atoms with E-state index < -0.39 is 6.04 Å². The average Bonchev–Trinajstić information content (AvgIpc) is 3.06. The Morgan fingerprint density at radius 3 is 2.69 bits per heavy atom. The Morgan fingerprint density at radius 1 is 1.24 bits per heavy atom. The van der Waals surface area contributed by atoms with Gasteiger partial charge >= 0.3 is 6.03 Å². The van der Waals surface area contributed by atoms with Gasteiger partial charge in [-0.15, -0.1) is 6.58 Å². The van der Waals surface area contributed by atoms with Gasteiger partial charge in [0, 0.05) is 32.4 Å². The minimum atomic E-state index is -0.622. The first-order valence-corrected chi connectivity index (χ1v) is 9.47. The number of carbonyl (C=O) groups excluding carboxylic acids is 2. The molecule has 3 rings (SSSR count). The van der Waals surface area contributed by atoms with Crippen LogP contribution in [-0.2, 0) is 9.53 Å². The Balaban J connectivity index is 2.03. The molecule has 1 N–H and O–H groups in total. The molecule has 0 saturated heterocycles. The number of hydrogen-bond donors (Lipinski definition) is 1. The molecule has 0 spiro atoms. The van der Waals surface area contributed by atoms with Crippen LogP contribution in [0, 0.1) is 0 Å². The van der Waals surface area contributed by atoms with Crippen molar-refractivity contribution in [1.29, 1.82) is 0 Å². The molecule has 8 nitrogen and oxygen atoms in total. The van der Waals surface area contributed by atoms with Crippen LogP contribution in [-0.4, -0.2) is 69.3 Å². The lowest BCUT2D eigenvalue weighted by molar-refractivity contribution is -0.125. The summed E-state index contributed by atoms with van der Waals surface area (Å²) in [6, 6.07) is 4.44. The second kappa shape index (κ2) is 9.00. The van der Waals surface area contributed by atoms with E-state index in [0.29, 0.717) is 54.6 Å². The normalized spacial score (nSPS) is 18.7. The number of ether oxygens (including phenoxy) is 3. The van der Waals surface area contributed by atoms with Crippen LogP contribution in [0.1, 0.15) is 18.0 Å². The van der Waals surface area contributed by atoms with E-state index in [0.717, 1.165) is 6.42 Å². The highest BCUT2D eigenvalue weighted by Gasteiger charge is 2.44. The van der Waals surface area contributed by atoms with Crippen molar-refractivity contribution in [3.05, 3.63) is 47.7 Å². The topological polar surface area (TPSA) is 80.3 Å². The summed E-state index contributed by atoms with van der Waals surface area (Å²) in [5.41, 5.74) is 1.93. The molecule has 8 heteroatoms. The molecule has 0 radical (unpaired) electrons. The van der Waals surface area contributed by atoms with E-state index in [9.17, 15) is 9.59 Å². The van der Waals surface area contributed by atoms with Crippen molar-refractivity contribution in [2.45, 2.75) is 12.5 Å². The van der Waals surface area contributed by atoms with Gasteiger partial charge in [0.15, 0.2) is 0 Å². The van der Waals surface area contributed by atoms with Crippen LogP contribution in [0.5, 0.6) is 11.5 Å². The molecule has 2 aliphatic heterocycles. The van der Waals surface area contributed by atoms with Crippen LogP contribution in [0.3, 0.4) is 0 Å². The van der Waals surface area contributed by atoms with Gasteiger partial charge in [-0.25, -0.2) is 4.79 Å². The van der Waals surface area contributed by atoms with Crippen molar-refractivity contribution < 1.29 is 23.8 Å². The van der Waals surface area contributed by atoms with Crippen molar-refractivity contribution in [2.75, 3.05) is 47.6 Å². The predicted octanol–water partition coefficient (Wildman–Crippen LogP) is 2.09. The second-order valence-electron chi connectivity index (χ2n) is 6.82. The van der Waals surface area contributed by atoms with Crippen molar-refractivity contribution >= 4 is 11.9 Å². The molecule has 156 valence electrons. The molecule has 1 aromatic rings. The number of carbonyl (C=O) groups is 2. The summed E-state index contributed by atoms with van der Waals surface area (Å²) in [6.07, 6.45) is 2.37. The maximum atomic E-state index is 13.3. The van der Waals surface area contributed by atoms with Gasteiger partial charge in [-0.3, -0.25) is 9.69 Å². The Hall–Kier alpha value is -3.00. The summed E-state index contributed by atoms with van der Waals surface area (Å²) in [4.78, 5) is 29.4. The van der Waals surface area contributed by atoms with Crippen molar-refractivity contribution in [1.82, 2.24) is 15.1 Å². The Bertz CT molecular complexity index is 836. The highest BCUT2D eigenvalue weighted by molar-refractivity contribution is 6.01. The second-order valence-corrected chi connectivity index (χ2v) is 6.82. The third-order valence-corrected chi connectivity index (χ3v) is 5.13. The molecule has 0 fully saturated rings. The van der Waals surface area contributed by atoms with Crippen LogP contribution in [0.15, 0.2) is 42.1 Å². The number of hydrogen-bond acceptors (Lipinski definition) is 5. The largest absolute Gasteiger partial charge is 0.497 e. The fourth-order valence-electron chi connectivity index (χ4n) is 3.75. The maximum absolute atomic E-state index is 13.3. The third kappa shape index (κ3) is 3.93. The number of amides is 3. The molecule has 0 aliphatic carbocycles. The SMILES string of the molecule is C=CCN1C(=O)N[C@H](c2cc(OC)ccc2OC)C2=C1CN(CCCOC)C2=O. The quantitative estimate of drug-likeness (QED) is 0.506. The van der Waals surface area contributed by atoms with Crippen molar-refractivity contribution in [2.24, 2.45) is 0 Å². The van der Waals surface area contributed by atoms with E-state index in [2.05, 4.69) is 11.9 Å². The van der Waals surface area contributed by atoms with Gasteiger partial charge in [0.2, 0.25) is 0 Å². The number of nitrogens with one attached hydrogen (secondary N) is 1. The summed E-state index contributed by atoms with van der Waals surface area (Å²) in [5.74, 6) is 1.10. The number of urea groups is 1. The highest BCUT2D eigenvalue weighted by Crippen LogP contribution is 2.40. The van der Waals surface area contributed by atoms with Gasteiger partial charge in [-0.1, -0.05) is 6.08 Å². The van der Waals surface area contributed by atoms with Gasteiger partial charge in [-0.2, -0.15) is 0 Å². The van der Waals surface area contributed by atoms with Crippen molar-refractivity contribution in [3.8, 4) is 11.5 Å². The zero-order valence-corrected chi connectivity index (χ0v) is 17.1. The Kier molecular flexibility index (Phi) is 6.43. The van der Waals surface area contributed by atoms with Crippen LogP contribution in [0.4, 0.5) is 4.79 Å². The lowest BCUT2D eigenvalue weighted by Crippen LogP contribution is -2.47. The summed E-state index contributed by atoms with van der Waals surface area (Å²) in [5, 5.41) is 2.96. The van der Waals surface area contributed by atoms with Crippen LogP contribution < -0.4 is 14.8 Å². The zero-order chi connectivity index (χ0) is 21.0. The highest BCUT2D eigenvalue weighted by atomic mass is 16.5. The summed E-state index contributed by atoms with van der Waals surface area (Å²) in [6.45, 7) is 5.55. The molecule has 0 saturated carbocycles. The lowest BCUT2D eigenvalue weighted by Gasteiger charge is -2.33. The minimum Gasteiger partial charge on any atom is -0.497 e. The first kappa shape index (κ1) is 20.7. The van der Waals surface area contributed by atoms with Gasteiger partial charge < -0.3 is 24.4 Å². The maximum Gasteiger partial charge on any atom is 0.322 e. The number of nitrogens with zero attached hydrogens (tertiary/aromatic N) is 2. The molecule has 0 unspecified atom stereocenters. The molecule has 2 heterocycles. The molecule has 3 amide bonds. The van der Waals surface area contributed by atoms with E-state index in [1.807, 2.05) is 0 Å². The van der Waals surface area contributed by atoms with Gasteiger partial charge in [-0.05, 0) is 24.6 Å². The molecule has 1 atom stereocenters. The number of methoxy groups -OCH3 is 3. The summed E-state index contributed by atoms with van der Waals surface area (Å²) in [7, 11) is 4.76. The Labute approximate surface area is 170 Å². The average molecular weight is 401 g/mol. The van der Waals surface area contributed by atoms with E-state index in [1.54, 1.807) is 55.4 Å². The van der Waals surface area contributed by atoms with Crippen molar-refractivity contribution in [3.63, 3.8) is 0 Å². The van der Waals surface area contributed by atoms with Crippen LogP contribution in [0.2, 0.25) is 0 Å². The lowest BCUT2D eigenvalue weighted by atomic mass is 9.94. The number of rotatable bonds is 9. The molecule has 1 aromatic carbocycles. The van der Waals surface area contributed by atoms with Crippen LogP contribution >= 0.6 is 0 Å². The minimum absolute atomic E-state index is 0.0972. The predicted molar refractivity (Wildman–Crippen MR) is 108 cm³/mol. The van der Waals surface area contributed by atoms with E-state index in [1.165, 1.54) is 0 Å².